The van der Waals surface area contributed by atoms with Crippen molar-refractivity contribution in [1.29, 1.82) is 0 Å². The molecule has 0 bridgehead atoms. The van der Waals surface area contributed by atoms with Crippen molar-refractivity contribution in [1.82, 2.24) is 10.6 Å². The summed E-state index contributed by atoms with van der Waals surface area (Å²) in [5.41, 5.74) is 4.84. The van der Waals surface area contributed by atoms with E-state index < -0.39 is 5.60 Å². The first-order valence-corrected chi connectivity index (χ1v) is 8.08. The predicted octanol–water partition coefficient (Wildman–Crippen LogP) is 3.78. The molecule has 0 radical (unpaired) electrons. The van der Waals surface area contributed by atoms with E-state index in [1.165, 1.54) is 22.3 Å². The van der Waals surface area contributed by atoms with E-state index in [1.54, 1.807) is 0 Å². The van der Waals surface area contributed by atoms with E-state index in [4.69, 9.17) is 4.74 Å². The lowest BCUT2D eigenvalue weighted by molar-refractivity contribution is 0.0534. The first kappa shape index (κ1) is 19.2. The van der Waals surface area contributed by atoms with Crippen LogP contribution in [0.4, 0.5) is 4.79 Å². The zero-order valence-electron chi connectivity index (χ0n) is 15.2. The quantitative estimate of drug-likeness (QED) is 0.620. The van der Waals surface area contributed by atoms with Crippen molar-refractivity contribution < 1.29 is 9.53 Å². The molecule has 0 atom stereocenters. The van der Waals surface area contributed by atoms with Gasteiger partial charge in [-0.1, -0.05) is 24.3 Å². The number of alkyl carbamates (subject to hydrolysis) is 1. The van der Waals surface area contributed by atoms with Gasteiger partial charge in [-0.15, -0.1) is 0 Å². The van der Waals surface area contributed by atoms with Crippen LogP contribution in [0.25, 0.3) is 0 Å². The molecule has 0 heterocycles. The Morgan fingerprint density at radius 2 is 1.65 bits per heavy atom. The van der Waals surface area contributed by atoms with Crippen LogP contribution < -0.4 is 10.6 Å². The van der Waals surface area contributed by atoms with Gasteiger partial charge < -0.3 is 15.4 Å². The van der Waals surface area contributed by atoms with E-state index in [0.29, 0.717) is 6.54 Å². The van der Waals surface area contributed by atoms with Crippen molar-refractivity contribution in [2.45, 2.75) is 53.7 Å². The van der Waals surface area contributed by atoms with E-state index in [2.05, 4.69) is 43.5 Å². The van der Waals surface area contributed by atoms with Crippen LogP contribution >= 0.6 is 0 Å². The van der Waals surface area contributed by atoms with Gasteiger partial charge in [-0.2, -0.15) is 0 Å². The Balaban J connectivity index is 2.25. The molecule has 0 aliphatic heterocycles. The summed E-state index contributed by atoms with van der Waals surface area (Å²) >= 11 is 0. The zero-order chi connectivity index (χ0) is 17.5. The summed E-state index contributed by atoms with van der Waals surface area (Å²) in [5.74, 6) is 0. The normalized spacial score (nSPS) is 11.7. The van der Waals surface area contributed by atoms with Crippen molar-refractivity contribution in [3.05, 3.63) is 46.5 Å². The number of carbonyl (C=O) groups excluding carboxylic acids is 1. The van der Waals surface area contributed by atoms with Crippen LogP contribution in [0, 0.1) is 20.8 Å². The highest BCUT2D eigenvalue weighted by molar-refractivity contribution is 5.67. The molecule has 0 fully saturated rings. The lowest BCUT2D eigenvalue weighted by Gasteiger charge is -2.19. The van der Waals surface area contributed by atoms with Crippen LogP contribution in [0.15, 0.2) is 24.3 Å². The molecule has 1 amide bonds. The van der Waals surface area contributed by atoms with Crippen molar-refractivity contribution in [3.8, 4) is 0 Å². The summed E-state index contributed by atoms with van der Waals surface area (Å²) in [6, 6.07) is 4.47. The standard InChI is InChI=1S/C19H30N2O2/c1-14-11-16(3)17(12-15(14)2)13-20-9-7-8-10-21-18(22)23-19(4,5)6/h7-8,11-12,20H,9-10,13H2,1-6H3,(H,21,22)/b8-7+. The topological polar surface area (TPSA) is 50.4 Å². The molecule has 0 aliphatic rings. The SMILES string of the molecule is Cc1cc(C)c(CNC/C=C/CNC(=O)OC(C)(C)C)cc1C. The molecule has 0 aliphatic carbocycles. The number of carbonyl (C=O) groups is 1. The summed E-state index contributed by atoms with van der Waals surface area (Å²) in [4.78, 5) is 11.4. The van der Waals surface area contributed by atoms with E-state index >= 15 is 0 Å². The van der Waals surface area contributed by atoms with Gasteiger partial charge in [0, 0.05) is 19.6 Å². The molecule has 23 heavy (non-hydrogen) atoms. The second-order valence-electron chi connectivity index (χ2n) is 6.85. The number of hydrogen-bond acceptors (Lipinski definition) is 3. The highest BCUT2D eigenvalue weighted by Gasteiger charge is 2.14. The maximum Gasteiger partial charge on any atom is 0.407 e. The molecule has 1 aromatic rings. The molecule has 4 nitrogen and oxygen atoms in total. The average molecular weight is 318 g/mol. The maximum absolute atomic E-state index is 11.4. The first-order chi connectivity index (χ1) is 10.7. The second kappa shape index (κ2) is 8.73. The minimum atomic E-state index is -0.459. The van der Waals surface area contributed by atoms with Gasteiger partial charge in [-0.25, -0.2) is 4.79 Å². The first-order valence-electron chi connectivity index (χ1n) is 8.08. The molecular formula is C19H30N2O2. The Labute approximate surface area is 140 Å². The predicted molar refractivity (Wildman–Crippen MR) is 95.7 cm³/mol. The summed E-state index contributed by atoms with van der Waals surface area (Å²) < 4.78 is 5.16. The third-order valence-corrected chi connectivity index (χ3v) is 3.46. The molecule has 0 saturated heterocycles. The molecule has 128 valence electrons. The third-order valence-electron chi connectivity index (χ3n) is 3.46. The van der Waals surface area contributed by atoms with Crippen molar-refractivity contribution in [2.24, 2.45) is 0 Å². The zero-order valence-corrected chi connectivity index (χ0v) is 15.2. The molecule has 0 aromatic heterocycles. The van der Waals surface area contributed by atoms with Gasteiger partial charge in [0.25, 0.3) is 0 Å². The Hall–Kier alpha value is -1.81. The lowest BCUT2D eigenvalue weighted by atomic mass is 10.0. The van der Waals surface area contributed by atoms with Gasteiger partial charge in [-0.3, -0.25) is 0 Å². The fourth-order valence-corrected chi connectivity index (χ4v) is 2.12. The monoisotopic (exact) mass is 318 g/mol. The minimum absolute atomic E-state index is 0.388. The van der Waals surface area contributed by atoms with Crippen LogP contribution in [0.3, 0.4) is 0 Å². The molecule has 2 N–H and O–H groups in total. The Kier molecular flexibility index (Phi) is 7.30. The maximum atomic E-state index is 11.4. The van der Waals surface area contributed by atoms with E-state index in [0.717, 1.165) is 13.1 Å². The van der Waals surface area contributed by atoms with Crippen LogP contribution in [-0.2, 0) is 11.3 Å². The molecule has 0 saturated carbocycles. The van der Waals surface area contributed by atoms with Crippen LogP contribution in [0.1, 0.15) is 43.0 Å². The van der Waals surface area contributed by atoms with Gasteiger partial charge in [-0.05, 0) is 63.8 Å². The molecule has 1 rings (SSSR count). The number of hydrogen-bond donors (Lipinski definition) is 2. The van der Waals surface area contributed by atoms with Gasteiger partial charge in [0.05, 0.1) is 0 Å². The minimum Gasteiger partial charge on any atom is -0.444 e. The number of rotatable bonds is 6. The fourth-order valence-electron chi connectivity index (χ4n) is 2.12. The second-order valence-corrected chi connectivity index (χ2v) is 6.85. The summed E-state index contributed by atoms with van der Waals surface area (Å²) in [7, 11) is 0. The van der Waals surface area contributed by atoms with Crippen LogP contribution in [0.5, 0.6) is 0 Å². The molecule has 0 spiro atoms. The molecule has 0 unspecified atom stereocenters. The van der Waals surface area contributed by atoms with Gasteiger partial charge in [0.15, 0.2) is 0 Å². The van der Waals surface area contributed by atoms with Crippen molar-refractivity contribution in [2.75, 3.05) is 13.1 Å². The van der Waals surface area contributed by atoms with E-state index in [1.807, 2.05) is 32.9 Å². The number of aryl methyl sites for hydroxylation is 3. The third kappa shape index (κ3) is 7.84. The number of benzene rings is 1. The highest BCUT2D eigenvalue weighted by Crippen LogP contribution is 2.14. The van der Waals surface area contributed by atoms with Crippen LogP contribution in [-0.4, -0.2) is 24.8 Å². The summed E-state index contributed by atoms with van der Waals surface area (Å²) in [6.07, 6.45) is 3.54. The van der Waals surface area contributed by atoms with Gasteiger partial charge >= 0.3 is 6.09 Å². The Morgan fingerprint density at radius 1 is 1.04 bits per heavy atom. The van der Waals surface area contributed by atoms with E-state index in [-0.39, 0.29) is 6.09 Å². The lowest BCUT2D eigenvalue weighted by Crippen LogP contribution is -2.32. The Bertz CT molecular complexity index is 557. The summed E-state index contributed by atoms with van der Waals surface area (Å²) in [5, 5.41) is 6.08. The van der Waals surface area contributed by atoms with Gasteiger partial charge in [0.2, 0.25) is 0 Å². The summed E-state index contributed by atoms with van der Waals surface area (Å²) in [6.45, 7) is 14.0. The highest BCUT2D eigenvalue weighted by atomic mass is 16.6. The van der Waals surface area contributed by atoms with Crippen molar-refractivity contribution >= 4 is 6.09 Å². The van der Waals surface area contributed by atoms with Gasteiger partial charge in [0.1, 0.15) is 5.60 Å². The number of amides is 1. The smallest absolute Gasteiger partial charge is 0.407 e. The van der Waals surface area contributed by atoms with Crippen LogP contribution in [0.2, 0.25) is 0 Å². The van der Waals surface area contributed by atoms with Crippen molar-refractivity contribution in [3.63, 3.8) is 0 Å². The van der Waals surface area contributed by atoms with E-state index in [9.17, 15) is 4.79 Å². The number of ether oxygens (including phenoxy) is 1. The average Bonchev–Trinajstić information content (AvgIpc) is 2.41. The largest absolute Gasteiger partial charge is 0.444 e. The molecule has 1 aromatic carbocycles. The Morgan fingerprint density at radius 3 is 2.30 bits per heavy atom. The number of nitrogens with one attached hydrogen (secondary N) is 2. The fraction of sp³-hybridized carbons (Fsp3) is 0.526. The molecule has 4 heteroatoms. The molecular weight excluding hydrogens is 288 g/mol.